The minimum Gasteiger partial charge on any atom is -0.497 e. The van der Waals surface area contributed by atoms with Gasteiger partial charge in [0.2, 0.25) is 0 Å². The number of benzene rings is 2. The molecule has 0 aliphatic carbocycles. The molecule has 0 fully saturated rings. The van der Waals surface area contributed by atoms with Crippen molar-refractivity contribution in [2.45, 2.75) is 5.82 Å². The zero-order valence-electron chi connectivity index (χ0n) is 9.86. The Morgan fingerprint density at radius 3 is 2.11 bits per heavy atom. The molecule has 0 spiro atoms. The summed E-state index contributed by atoms with van der Waals surface area (Å²) in [6.07, 6.45) is 0. The van der Waals surface area contributed by atoms with Crippen LogP contribution in [0.15, 0.2) is 42.5 Å². The van der Waals surface area contributed by atoms with Crippen LogP contribution in [0.25, 0.3) is 0 Å². The highest BCUT2D eigenvalue weighted by Crippen LogP contribution is 2.29. The molecule has 2 radical (unpaired) electrons. The summed E-state index contributed by atoms with van der Waals surface area (Å²) in [4.78, 5) is 0. The number of rotatable bonds is 3. The average molecular weight is 277 g/mol. The van der Waals surface area contributed by atoms with E-state index in [2.05, 4.69) is 0 Å². The van der Waals surface area contributed by atoms with E-state index in [0.717, 1.165) is 16.9 Å². The Kier molecular flexibility index (Phi) is 4.21. The number of ether oxygens (including phenoxy) is 1. The van der Waals surface area contributed by atoms with E-state index in [1.165, 1.54) is 0 Å². The lowest BCUT2D eigenvalue weighted by atomic mass is 9.76. The summed E-state index contributed by atoms with van der Waals surface area (Å²) in [6, 6.07) is 13.1. The summed E-state index contributed by atoms with van der Waals surface area (Å²) in [5, 5.41) is 1.04. The minimum absolute atomic E-state index is 0.231. The molecule has 0 heterocycles. The van der Waals surface area contributed by atoms with Crippen LogP contribution in [0.4, 0.5) is 0 Å². The van der Waals surface area contributed by atoms with Gasteiger partial charge in [-0.3, -0.25) is 0 Å². The van der Waals surface area contributed by atoms with Gasteiger partial charge >= 0.3 is 0 Å². The third kappa shape index (κ3) is 2.82. The molecule has 0 bridgehead atoms. The summed E-state index contributed by atoms with van der Waals surface area (Å²) in [6.45, 7) is 0. The van der Waals surface area contributed by atoms with Crippen LogP contribution in [-0.4, -0.2) is 15.0 Å². The van der Waals surface area contributed by atoms with Crippen LogP contribution in [0.2, 0.25) is 10.0 Å². The quantitative estimate of drug-likeness (QED) is 0.761. The largest absolute Gasteiger partial charge is 0.497 e. The van der Waals surface area contributed by atoms with Crippen molar-refractivity contribution >= 4 is 31.0 Å². The molecule has 0 N–H and O–H groups in total. The predicted octanol–water partition coefficient (Wildman–Crippen LogP) is 4.26. The third-order valence-electron chi connectivity index (χ3n) is 2.78. The highest BCUT2D eigenvalue weighted by Gasteiger charge is 2.09. The molecule has 90 valence electrons. The minimum atomic E-state index is -0.231. The van der Waals surface area contributed by atoms with Crippen molar-refractivity contribution in [1.29, 1.82) is 0 Å². The van der Waals surface area contributed by atoms with Gasteiger partial charge in [-0.15, -0.1) is 0 Å². The first kappa shape index (κ1) is 13.3. The zero-order valence-corrected chi connectivity index (χ0v) is 11.4. The molecule has 0 amide bonds. The molecule has 1 nitrogen and oxygen atoms in total. The maximum Gasteiger partial charge on any atom is 0.118 e. The lowest BCUT2D eigenvalue weighted by Crippen LogP contribution is -2.00. The van der Waals surface area contributed by atoms with Gasteiger partial charge in [0.1, 0.15) is 5.75 Å². The van der Waals surface area contributed by atoms with Gasteiger partial charge in [-0.1, -0.05) is 41.4 Å². The molecule has 1 unspecified atom stereocenters. The fraction of sp³-hybridized carbons (Fsp3) is 0.143. The molecule has 1 atom stereocenters. The van der Waals surface area contributed by atoms with Crippen molar-refractivity contribution in [3.63, 3.8) is 0 Å². The van der Waals surface area contributed by atoms with E-state index in [9.17, 15) is 0 Å². The van der Waals surface area contributed by atoms with Gasteiger partial charge in [-0.05, 0) is 41.2 Å². The third-order valence-corrected chi connectivity index (χ3v) is 3.52. The first-order chi connectivity index (χ1) is 8.61. The Bertz CT molecular complexity index is 540. The van der Waals surface area contributed by atoms with Gasteiger partial charge in [-0.25, -0.2) is 0 Å². The second-order valence-corrected chi connectivity index (χ2v) is 4.74. The first-order valence-electron chi connectivity index (χ1n) is 5.46. The number of halogens is 2. The summed E-state index contributed by atoms with van der Waals surface area (Å²) in [5.74, 6) is 0.575. The molecular weight excluding hydrogens is 266 g/mol. The van der Waals surface area contributed by atoms with Crippen LogP contribution in [-0.2, 0) is 0 Å². The van der Waals surface area contributed by atoms with E-state index in [4.69, 9.17) is 35.8 Å². The summed E-state index contributed by atoms with van der Waals surface area (Å²) < 4.78 is 5.11. The van der Waals surface area contributed by atoms with Crippen LogP contribution < -0.4 is 4.74 Å². The van der Waals surface area contributed by atoms with Crippen LogP contribution >= 0.6 is 23.2 Å². The van der Waals surface area contributed by atoms with E-state index in [0.29, 0.717) is 10.0 Å². The van der Waals surface area contributed by atoms with Gasteiger partial charge in [0.05, 0.1) is 25.0 Å². The topological polar surface area (TPSA) is 9.23 Å². The van der Waals surface area contributed by atoms with Gasteiger partial charge in [0.15, 0.2) is 0 Å². The van der Waals surface area contributed by atoms with E-state index in [1.54, 1.807) is 19.2 Å². The monoisotopic (exact) mass is 276 g/mol. The Morgan fingerprint density at radius 1 is 0.944 bits per heavy atom. The second kappa shape index (κ2) is 5.68. The highest BCUT2D eigenvalue weighted by atomic mass is 35.5. The Labute approximate surface area is 118 Å². The van der Waals surface area contributed by atoms with Crippen LogP contribution in [0.3, 0.4) is 0 Å². The maximum atomic E-state index is 6.18. The van der Waals surface area contributed by atoms with Gasteiger partial charge in [0.25, 0.3) is 0 Å². The molecule has 2 aromatic carbocycles. The maximum absolute atomic E-state index is 6.18. The van der Waals surface area contributed by atoms with E-state index < -0.39 is 0 Å². The molecule has 0 saturated carbocycles. The Morgan fingerprint density at radius 2 is 1.56 bits per heavy atom. The number of hydrogen-bond acceptors (Lipinski definition) is 1. The fourth-order valence-electron chi connectivity index (χ4n) is 1.71. The molecular formula is C14H11BCl2O. The van der Waals surface area contributed by atoms with Crippen LogP contribution in [0.1, 0.15) is 16.9 Å². The SMILES string of the molecule is [B]C(c1ccc(OC)cc1)c1ccc(Cl)c(Cl)c1. The van der Waals surface area contributed by atoms with Gasteiger partial charge < -0.3 is 4.74 Å². The molecule has 4 heteroatoms. The fourth-order valence-corrected chi connectivity index (χ4v) is 2.02. The lowest BCUT2D eigenvalue weighted by molar-refractivity contribution is 0.414. The standard InChI is InChI=1S/C14H11BCl2O/c1-18-11-5-2-9(3-6-11)14(15)10-4-7-12(16)13(17)8-10/h2-8,14H,1H3. The average Bonchev–Trinajstić information content (AvgIpc) is 2.41. The zero-order chi connectivity index (χ0) is 13.1. The second-order valence-electron chi connectivity index (χ2n) is 3.92. The predicted molar refractivity (Wildman–Crippen MR) is 77.1 cm³/mol. The van der Waals surface area contributed by atoms with Crippen LogP contribution in [0, 0.1) is 0 Å². The normalized spacial score (nSPS) is 12.2. The lowest BCUT2D eigenvalue weighted by Gasteiger charge is -2.14. The molecule has 0 saturated heterocycles. The molecule has 2 rings (SSSR count). The van der Waals surface area contributed by atoms with Crippen molar-refractivity contribution in [2.24, 2.45) is 0 Å². The molecule has 2 aromatic rings. The highest BCUT2D eigenvalue weighted by molar-refractivity contribution is 6.42. The Hall–Kier alpha value is -1.12. The van der Waals surface area contributed by atoms with E-state index >= 15 is 0 Å². The number of methoxy groups -OCH3 is 1. The summed E-state index contributed by atoms with van der Waals surface area (Å²) in [7, 11) is 7.82. The van der Waals surface area contributed by atoms with E-state index in [-0.39, 0.29) is 5.82 Å². The first-order valence-corrected chi connectivity index (χ1v) is 6.22. The van der Waals surface area contributed by atoms with Crippen molar-refractivity contribution in [1.82, 2.24) is 0 Å². The van der Waals surface area contributed by atoms with Gasteiger partial charge in [-0.2, -0.15) is 0 Å². The molecule has 0 aromatic heterocycles. The van der Waals surface area contributed by atoms with Crippen LogP contribution in [0.5, 0.6) is 5.75 Å². The van der Waals surface area contributed by atoms with Crippen molar-refractivity contribution in [2.75, 3.05) is 7.11 Å². The van der Waals surface area contributed by atoms with Crippen molar-refractivity contribution in [3.05, 3.63) is 63.6 Å². The van der Waals surface area contributed by atoms with E-state index in [1.807, 2.05) is 30.3 Å². The Balaban J connectivity index is 2.28. The molecule has 0 aliphatic heterocycles. The summed E-state index contributed by atoms with van der Waals surface area (Å²) >= 11 is 11.9. The molecule has 0 aliphatic rings. The molecule has 18 heavy (non-hydrogen) atoms. The van der Waals surface area contributed by atoms with Crippen molar-refractivity contribution < 1.29 is 4.74 Å². The van der Waals surface area contributed by atoms with Crippen molar-refractivity contribution in [3.8, 4) is 5.75 Å². The van der Waals surface area contributed by atoms with Gasteiger partial charge in [0, 0.05) is 0 Å². The smallest absolute Gasteiger partial charge is 0.118 e. The summed E-state index contributed by atoms with van der Waals surface area (Å²) in [5.41, 5.74) is 1.92. The number of hydrogen-bond donors (Lipinski definition) is 0.